The number of hydrogen-bond acceptors (Lipinski definition) is 2. The van der Waals surface area contributed by atoms with Crippen molar-refractivity contribution in [2.45, 2.75) is 90.6 Å². The topological polar surface area (TPSA) is 26.3 Å². The van der Waals surface area contributed by atoms with Crippen LogP contribution in [0, 0.1) is 0 Å². The van der Waals surface area contributed by atoms with E-state index < -0.39 is 0 Å². The van der Waals surface area contributed by atoms with E-state index in [2.05, 4.69) is 31.2 Å². The molecule has 150 valence electrons. The fraction of sp³-hybridized carbons (Fsp3) is 0.560. The van der Waals surface area contributed by atoms with Crippen molar-refractivity contribution in [2.24, 2.45) is 0 Å². The predicted molar refractivity (Wildman–Crippen MR) is 116 cm³/mol. The highest BCUT2D eigenvalue weighted by atomic mass is 16.5. The van der Waals surface area contributed by atoms with E-state index in [1.807, 2.05) is 30.3 Å². The van der Waals surface area contributed by atoms with Gasteiger partial charge >= 0.3 is 5.97 Å². The summed E-state index contributed by atoms with van der Waals surface area (Å²) in [7, 11) is 0. The smallest absolute Gasteiger partial charge is 0.306 e. The van der Waals surface area contributed by atoms with Crippen molar-refractivity contribution in [1.29, 1.82) is 0 Å². The van der Waals surface area contributed by atoms with E-state index in [1.165, 1.54) is 51.4 Å². The molecular weight excluding hydrogens is 332 g/mol. The summed E-state index contributed by atoms with van der Waals surface area (Å²) >= 11 is 0. The van der Waals surface area contributed by atoms with Crippen LogP contribution in [0.25, 0.3) is 0 Å². The molecule has 0 aromatic heterocycles. The van der Waals surface area contributed by atoms with Gasteiger partial charge in [-0.1, -0.05) is 93.7 Å². The van der Waals surface area contributed by atoms with Gasteiger partial charge in [-0.2, -0.15) is 0 Å². The number of carbonyl (C=O) groups is 1. The first-order valence-corrected chi connectivity index (χ1v) is 10.8. The van der Waals surface area contributed by atoms with Gasteiger partial charge in [0.2, 0.25) is 0 Å². The number of ether oxygens (including phenoxy) is 1. The minimum absolute atomic E-state index is 0.0791. The van der Waals surface area contributed by atoms with Crippen LogP contribution in [0.4, 0.5) is 0 Å². The maximum atomic E-state index is 11.7. The molecule has 0 saturated carbocycles. The Hall–Kier alpha value is -1.83. The average molecular weight is 371 g/mol. The zero-order valence-corrected chi connectivity index (χ0v) is 17.2. The van der Waals surface area contributed by atoms with Gasteiger partial charge in [0.1, 0.15) is 6.61 Å². The molecule has 0 fully saturated rings. The van der Waals surface area contributed by atoms with Crippen molar-refractivity contribution in [2.75, 3.05) is 0 Å². The fourth-order valence-electron chi connectivity index (χ4n) is 2.89. The van der Waals surface area contributed by atoms with Gasteiger partial charge in [-0.25, -0.2) is 0 Å². The van der Waals surface area contributed by atoms with Gasteiger partial charge in [0.25, 0.3) is 0 Å². The van der Waals surface area contributed by atoms with Crippen molar-refractivity contribution in [3.63, 3.8) is 0 Å². The SMILES string of the molecule is CCCCC/C=C\C/C=C\CCCCCCCC(=O)OCc1ccccc1. The molecule has 0 amide bonds. The molecule has 0 saturated heterocycles. The van der Waals surface area contributed by atoms with Crippen LogP contribution in [0.5, 0.6) is 0 Å². The van der Waals surface area contributed by atoms with E-state index in [0.29, 0.717) is 13.0 Å². The summed E-state index contributed by atoms with van der Waals surface area (Å²) in [6.45, 7) is 2.63. The van der Waals surface area contributed by atoms with Gasteiger partial charge < -0.3 is 4.74 Å². The Kier molecular flexibility index (Phi) is 15.1. The summed E-state index contributed by atoms with van der Waals surface area (Å²) in [5, 5.41) is 0. The first-order chi connectivity index (χ1) is 13.3. The van der Waals surface area contributed by atoms with Crippen LogP contribution in [0.1, 0.15) is 89.5 Å². The summed E-state index contributed by atoms with van der Waals surface area (Å²) in [5.74, 6) is -0.0791. The summed E-state index contributed by atoms with van der Waals surface area (Å²) in [6, 6.07) is 9.85. The highest BCUT2D eigenvalue weighted by Crippen LogP contribution is 2.09. The molecule has 27 heavy (non-hydrogen) atoms. The van der Waals surface area contributed by atoms with E-state index in [0.717, 1.165) is 24.8 Å². The lowest BCUT2D eigenvalue weighted by atomic mass is 10.1. The standard InChI is InChI=1S/C25H38O2/c1-2-3-4-5-6-7-8-9-10-11-12-13-14-15-19-22-25(26)27-23-24-20-17-16-18-21-24/h6-7,9-10,16-18,20-21H,2-5,8,11-15,19,22-23H2,1H3/b7-6-,10-9-. The molecule has 0 bridgehead atoms. The Bertz CT molecular complexity index is 516. The van der Waals surface area contributed by atoms with Crippen molar-refractivity contribution >= 4 is 5.97 Å². The number of esters is 1. The van der Waals surface area contributed by atoms with Crippen molar-refractivity contribution in [3.05, 3.63) is 60.2 Å². The molecule has 2 heteroatoms. The largest absolute Gasteiger partial charge is 0.461 e. The van der Waals surface area contributed by atoms with Gasteiger partial charge in [0.15, 0.2) is 0 Å². The minimum Gasteiger partial charge on any atom is -0.461 e. The lowest BCUT2D eigenvalue weighted by molar-refractivity contribution is -0.145. The third-order valence-corrected chi connectivity index (χ3v) is 4.57. The predicted octanol–water partition coefficient (Wildman–Crippen LogP) is 7.54. The molecule has 0 aliphatic heterocycles. The maximum absolute atomic E-state index is 11.7. The van der Waals surface area contributed by atoms with E-state index >= 15 is 0 Å². The Labute approximate surface area is 166 Å². The van der Waals surface area contributed by atoms with Crippen LogP contribution in [-0.4, -0.2) is 5.97 Å². The molecule has 0 aliphatic rings. The van der Waals surface area contributed by atoms with E-state index in [1.54, 1.807) is 0 Å². The van der Waals surface area contributed by atoms with E-state index in [-0.39, 0.29) is 5.97 Å². The van der Waals surface area contributed by atoms with Crippen molar-refractivity contribution in [3.8, 4) is 0 Å². The first-order valence-electron chi connectivity index (χ1n) is 10.8. The minimum atomic E-state index is -0.0791. The normalized spacial score (nSPS) is 11.4. The zero-order valence-electron chi connectivity index (χ0n) is 17.2. The molecule has 0 aliphatic carbocycles. The highest BCUT2D eigenvalue weighted by molar-refractivity contribution is 5.69. The molecule has 2 nitrogen and oxygen atoms in total. The quantitative estimate of drug-likeness (QED) is 0.171. The number of rotatable bonds is 16. The average Bonchev–Trinajstić information content (AvgIpc) is 2.70. The Balaban J connectivity index is 1.85. The van der Waals surface area contributed by atoms with E-state index in [9.17, 15) is 4.79 Å². The number of hydrogen-bond donors (Lipinski definition) is 0. The monoisotopic (exact) mass is 370 g/mol. The van der Waals surface area contributed by atoms with Crippen LogP contribution in [0.15, 0.2) is 54.6 Å². The Morgan fingerprint density at radius 1 is 0.815 bits per heavy atom. The van der Waals surface area contributed by atoms with Gasteiger partial charge in [-0.15, -0.1) is 0 Å². The second-order valence-electron chi connectivity index (χ2n) is 7.13. The van der Waals surface area contributed by atoms with Crippen LogP contribution >= 0.6 is 0 Å². The summed E-state index contributed by atoms with van der Waals surface area (Å²) in [5.41, 5.74) is 1.05. The number of carbonyl (C=O) groups excluding carboxylic acids is 1. The molecule has 0 heterocycles. The Morgan fingerprint density at radius 2 is 1.44 bits per heavy atom. The van der Waals surface area contributed by atoms with Gasteiger partial charge in [0, 0.05) is 6.42 Å². The molecule has 0 unspecified atom stereocenters. The molecule has 1 rings (SSSR count). The molecule has 0 N–H and O–H groups in total. The summed E-state index contributed by atoms with van der Waals surface area (Å²) < 4.78 is 5.29. The van der Waals surface area contributed by atoms with Crippen LogP contribution < -0.4 is 0 Å². The number of benzene rings is 1. The molecular formula is C25H38O2. The van der Waals surface area contributed by atoms with E-state index in [4.69, 9.17) is 4.74 Å². The Morgan fingerprint density at radius 3 is 2.15 bits per heavy atom. The van der Waals surface area contributed by atoms with Gasteiger partial charge in [0.05, 0.1) is 0 Å². The van der Waals surface area contributed by atoms with Crippen LogP contribution in [-0.2, 0) is 16.1 Å². The molecule has 1 aromatic rings. The third-order valence-electron chi connectivity index (χ3n) is 4.57. The fourth-order valence-corrected chi connectivity index (χ4v) is 2.89. The lowest BCUT2D eigenvalue weighted by Gasteiger charge is -2.05. The second kappa shape index (κ2) is 17.6. The van der Waals surface area contributed by atoms with Gasteiger partial charge in [-0.3, -0.25) is 4.79 Å². The molecule has 0 spiro atoms. The maximum Gasteiger partial charge on any atom is 0.306 e. The van der Waals surface area contributed by atoms with Crippen LogP contribution in [0.2, 0.25) is 0 Å². The van der Waals surface area contributed by atoms with Crippen molar-refractivity contribution < 1.29 is 9.53 Å². The highest BCUT2D eigenvalue weighted by Gasteiger charge is 2.02. The molecule has 1 aromatic carbocycles. The second-order valence-corrected chi connectivity index (χ2v) is 7.13. The number of unbranched alkanes of at least 4 members (excludes halogenated alkanes) is 8. The van der Waals surface area contributed by atoms with Crippen LogP contribution in [0.3, 0.4) is 0 Å². The molecule has 0 radical (unpaired) electrons. The molecule has 0 atom stereocenters. The number of allylic oxidation sites excluding steroid dienone is 4. The zero-order chi connectivity index (χ0) is 19.4. The first kappa shape index (κ1) is 23.2. The summed E-state index contributed by atoms with van der Waals surface area (Å²) in [4.78, 5) is 11.7. The third kappa shape index (κ3) is 15.0. The lowest BCUT2D eigenvalue weighted by Crippen LogP contribution is -2.04. The van der Waals surface area contributed by atoms with Gasteiger partial charge in [-0.05, 0) is 44.1 Å². The summed E-state index contributed by atoms with van der Waals surface area (Å²) in [6.07, 6.45) is 22.9. The van der Waals surface area contributed by atoms with Crippen molar-refractivity contribution in [1.82, 2.24) is 0 Å².